The normalized spacial score (nSPS) is 15.7. The topological polar surface area (TPSA) is 41.6 Å². The molecule has 1 N–H and O–H groups in total. The molecule has 0 spiro atoms. The van der Waals surface area contributed by atoms with Crippen LogP contribution >= 0.6 is 0 Å². The Kier molecular flexibility index (Phi) is 5.78. The van der Waals surface area contributed by atoms with Gasteiger partial charge in [0.05, 0.1) is 0 Å². The van der Waals surface area contributed by atoms with Crippen LogP contribution in [0.2, 0.25) is 0 Å². The van der Waals surface area contributed by atoms with Crippen molar-refractivity contribution in [1.29, 1.82) is 0 Å². The van der Waals surface area contributed by atoms with Gasteiger partial charge in [0.2, 0.25) is 0 Å². The maximum atomic E-state index is 12.1. The van der Waals surface area contributed by atoms with Crippen molar-refractivity contribution in [3.63, 3.8) is 0 Å². The molecular formula is C15H20F2N2O2. The van der Waals surface area contributed by atoms with Crippen molar-refractivity contribution in [3.8, 4) is 5.75 Å². The Balaban J connectivity index is 1.85. The molecule has 0 radical (unpaired) electrons. The third-order valence-electron chi connectivity index (χ3n) is 3.46. The van der Waals surface area contributed by atoms with Gasteiger partial charge in [-0.05, 0) is 30.5 Å². The van der Waals surface area contributed by atoms with Gasteiger partial charge in [0, 0.05) is 19.6 Å². The molecule has 0 saturated carbocycles. The number of amides is 2. The lowest BCUT2D eigenvalue weighted by Crippen LogP contribution is -2.40. The van der Waals surface area contributed by atoms with Gasteiger partial charge >= 0.3 is 12.6 Å². The Morgan fingerprint density at radius 1 is 1.24 bits per heavy atom. The summed E-state index contributed by atoms with van der Waals surface area (Å²) in [5.74, 6) is 0.103. The zero-order chi connectivity index (χ0) is 15.1. The molecule has 1 aliphatic heterocycles. The molecule has 0 bridgehead atoms. The lowest BCUT2D eigenvalue weighted by Gasteiger charge is -2.20. The lowest BCUT2D eigenvalue weighted by atomic mass is 10.2. The average Bonchev–Trinajstić information content (AvgIpc) is 2.73. The van der Waals surface area contributed by atoms with Gasteiger partial charge in [-0.2, -0.15) is 8.78 Å². The zero-order valence-electron chi connectivity index (χ0n) is 11.9. The number of likely N-dealkylation sites (tertiary alicyclic amines) is 1. The Labute approximate surface area is 123 Å². The van der Waals surface area contributed by atoms with E-state index in [2.05, 4.69) is 10.1 Å². The molecule has 1 fully saturated rings. The average molecular weight is 298 g/mol. The van der Waals surface area contributed by atoms with E-state index in [4.69, 9.17) is 0 Å². The van der Waals surface area contributed by atoms with Crippen LogP contribution in [0.3, 0.4) is 0 Å². The molecule has 0 aliphatic carbocycles. The van der Waals surface area contributed by atoms with Crippen LogP contribution in [0.5, 0.6) is 5.75 Å². The number of nitrogens with zero attached hydrogens (tertiary/aromatic N) is 1. The van der Waals surface area contributed by atoms with Crippen LogP contribution in [0.1, 0.15) is 31.2 Å². The molecule has 0 atom stereocenters. The van der Waals surface area contributed by atoms with Crippen molar-refractivity contribution in [1.82, 2.24) is 10.2 Å². The van der Waals surface area contributed by atoms with Crippen LogP contribution in [-0.2, 0) is 6.54 Å². The van der Waals surface area contributed by atoms with Crippen molar-refractivity contribution < 1.29 is 18.3 Å². The van der Waals surface area contributed by atoms with Crippen molar-refractivity contribution >= 4 is 6.03 Å². The first-order chi connectivity index (χ1) is 10.1. The third kappa shape index (κ3) is 5.21. The second-order valence-corrected chi connectivity index (χ2v) is 5.09. The molecule has 0 unspecified atom stereocenters. The number of nitrogens with one attached hydrogen (secondary N) is 1. The molecule has 1 aliphatic rings. The van der Waals surface area contributed by atoms with Gasteiger partial charge in [-0.1, -0.05) is 25.0 Å². The molecule has 1 saturated heterocycles. The summed E-state index contributed by atoms with van der Waals surface area (Å²) in [6, 6.07) is 6.27. The van der Waals surface area contributed by atoms with Crippen molar-refractivity contribution in [2.45, 2.75) is 38.8 Å². The first-order valence-corrected chi connectivity index (χ1v) is 7.21. The predicted octanol–water partition coefficient (Wildman–Crippen LogP) is 3.37. The van der Waals surface area contributed by atoms with E-state index in [1.54, 1.807) is 12.1 Å². The zero-order valence-corrected chi connectivity index (χ0v) is 11.9. The molecule has 2 rings (SSSR count). The molecule has 1 aromatic carbocycles. The minimum Gasteiger partial charge on any atom is -0.435 e. The monoisotopic (exact) mass is 298 g/mol. The molecule has 0 aromatic heterocycles. The summed E-state index contributed by atoms with van der Waals surface area (Å²) in [5, 5.41) is 2.82. The van der Waals surface area contributed by atoms with E-state index in [0.29, 0.717) is 6.54 Å². The molecule has 6 heteroatoms. The van der Waals surface area contributed by atoms with E-state index < -0.39 is 6.61 Å². The molecule has 116 valence electrons. The van der Waals surface area contributed by atoms with E-state index in [1.807, 2.05) is 4.90 Å². The number of hydrogen-bond acceptors (Lipinski definition) is 2. The minimum atomic E-state index is -2.84. The van der Waals surface area contributed by atoms with Crippen molar-refractivity contribution in [2.75, 3.05) is 13.1 Å². The van der Waals surface area contributed by atoms with Gasteiger partial charge in [-0.25, -0.2) is 4.79 Å². The highest BCUT2D eigenvalue weighted by molar-refractivity contribution is 5.74. The largest absolute Gasteiger partial charge is 0.435 e. The second-order valence-electron chi connectivity index (χ2n) is 5.09. The van der Waals surface area contributed by atoms with Crippen LogP contribution in [0, 0.1) is 0 Å². The summed E-state index contributed by atoms with van der Waals surface area (Å²) in [6.07, 6.45) is 4.39. The maximum Gasteiger partial charge on any atom is 0.387 e. The van der Waals surface area contributed by atoms with Crippen LogP contribution < -0.4 is 10.1 Å². The Hall–Kier alpha value is -1.85. The summed E-state index contributed by atoms with van der Waals surface area (Å²) in [7, 11) is 0. The summed E-state index contributed by atoms with van der Waals surface area (Å²) in [6.45, 7) is -0.983. The highest BCUT2D eigenvalue weighted by Crippen LogP contribution is 2.16. The number of hydrogen-bond donors (Lipinski definition) is 1. The number of rotatable bonds is 4. The fourth-order valence-electron chi connectivity index (χ4n) is 2.39. The van der Waals surface area contributed by atoms with Crippen LogP contribution in [-0.4, -0.2) is 30.6 Å². The smallest absolute Gasteiger partial charge is 0.387 e. The lowest BCUT2D eigenvalue weighted by molar-refractivity contribution is -0.0498. The highest BCUT2D eigenvalue weighted by Gasteiger charge is 2.14. The fraction of sp³-hybridized carbons (Fsp3) is 0.533. The van der Waals surface area contributed by atoms with Crippen LogP contribution in [0.4, 0.5) is 13.6 Å². The van der Waals surface area contributed by atoms with Gasteiger partial charge in [0.15, 0.2) is 0 Å². The minimum absolute atomic E-state index is 0.0999. The number of benzene rings is 1. The summed E-state index contributed by atoms with van der Waals surface area (Å²) in [5.41, 5.74) is 0.733. The number of urea groups is 1. The van der Waals surface area contributed by atoms with Gasteiger partial charge in [-0.3, -0.25) is 0 Å². The number of carbonyl (C=O) groups is 1. The van der Waals surface area contributed by atoms with E-state index >= 15 is 0 Å². The number of ether oxygens (including phenoxy) is 1. The van der Waals surface area contributed by atoms with Gasteiger partial charge < -0.3 is 15.0 Å². The Bertz CT molecular complexity index is 461. The third-order valence-corrected chi connectivity index (χ3v) is 3.46. The molecule has 1 heterocycles. The van der Waals surface area contributed by atoms with Crippen LogP contribution in [0.25, 0.3) is 0 Å². The molecule has 1 aromatic rings. The predicted molar refractivity (Wildman–Crippen MR) is 75.4 cm³/mol. The van der Waals surface area contributed by atoms with Crippen molar-refractivity contribution in [3.05, 3.63) is 29.8 Å². The first kappa shape index (κ1) is 15.5. The fourth-order valence-corrected chi connectivity index (χ4v) is 2.39. The Morgan fingerprint density at radius 3 is 2.62 bits per heavy atom. The van der Waals surface area contributed by atoms with E-state index in [0.717, 1.165) is 44.3 Å². The van der Waals surface area contributed by atoms with E-state index in [1.165, 1.54) is 12.1 Å². The Morgan fingerprint density at radius 2 is 1.95 bits per heavy atom. The first-order valence-electron chi connectivity index (χ1n) is 7.21. The molecular weight excluding hydrogens is 278 g/mol. The summed E-state index contributed by atoms with van der Waals surface area (Å²) >= 11 is 0. The number of alkyl halides is 2. The summed E-state index contributed by atoms with van der Waals surface area (Å²) < 4.78 is 28.6. The van der Waals surface area contributed by atoms with Gasteiger partial charge in [0.1, 0.15) is 5.75 Å². The second kappa shape index (κ2) is 7.81. The number of halogens is 2. The van der Waals surface area contributed by atoms with E-state index in [9.17, 15) is 13.6 Å². The van der Waals surface area contributed by atoms with Gasteiger partial charge in [-0.15, -0.1) is 0 Å². The standard InChI is InChI=1S/C15H20F2N2O2/c16-14(17)21-13-7-5-6-12(10-13)11-18-15(20)19-8-3-1-2-4-9-19/h5-7,10,14H,1-4,8-9,11H2,(H,18,20). The quantitative estimate of drug-likeness (QED) is 0.926. The SMILES string of the molecule is O=C(NCc1cccc(OC(F)F)c1)N1CCCCCC1. The van der Waals surface area contributed by atoms with Crippen molar-refractivity contribution in [2.24, 2.45) is 0 Å². The van der Waals surface area contributed by atoms with E-state index in [-0.39, 0.29) is 11.8 Å². The molecule has 2 amide bonds. The summed E-state index contributed by atoms with van der Waals surface area (Å²) in [4.78, 5) is 13.9. The number of carbonyl (C=O) groups excluding carboxylic acids is 1. The van der Waals surface area contributed by atoms with Gasteiger partial charge in [0.25, 0.3) is 0 Å². The maximum absolute atomic E-state index is 12.1. The molecule has 4 nitrogen and oxygen atoms in total. The highest BCUT2D eigenvalue weighted by atomic mass is 19.3. The van der Waals surface area contributed by atoms with Crippen LogP contribution in [0.15, 0.2) is 24.3 Å². The molecule has 21 heavy (non-hydrogen) atoms.